The molecule has 0 saturated carbocycles. The van der Waals surface area contributed by atoms with Crippen molar-refractivity contribution >= 4 is 15.9 Å². The third-order valence-electron chi connectivity index (χ3n) is 1.46. The van der Waals surface area contributed by atoms with Crippen LogP contribution in [0.4, 0.5) is 17.6 Å². The van der Waals surface area contributed by atoms with Gasteiger partial charge >= 0.3 is 6.18 Å². The average Bonchev–Trinajstić information content (AvgIpc) is 1.99. The van der Waals surface area contributed by atoms with Crippen molar-refractivity contribution in [3.05, 3.63) is 34.1 Å². The summed E-state index contributed by atoms with van der Waals surface area (Å²) in [6, 6.07) is 3.84. The molecule has 0 aromatic heterocycles. The summed E-state index contributed by atoms with van der Waals surface area (Å²) in [5.41, 5.74) is 0.353. The van der Waals surface area contributed by atoms with E-state index in [0.29, 0.717) is 10.0 Å². The molecule has 84 valence electrons. The van der Waals surface area contributed by atoms with E-state index in [0.717, 1.165) is 6.07 Å². The maximum atomic E-state index is 12.8. The second kappa shape index (κ2) is 4.94. The lowest BCUT2D eigenvalue weighted by Gasteiger charge is -2.07. The molecule has 1 aromatic carbocycles. The highest BCUT2D eigenvalue weighted by Crippen LogP contribution is 2.18. The van der Waals surface area contributed by atoms with Gasteiger partial charge in [-0.3, -0.25) is 0 Å². The topological polar surface area (TPSA) is 9.23 Å². The minimum Gasteiger partial charge on any atom is -0.367 e. The van der Waals surface area contributed by atoms with E-state index >= 15 is 0 Å². The second-order valence-corrected chi connectivity index (χ2v) is 3.80. The van der Waals surface area contributed by atoms with Gasteiger partial charge in [0.25, 0.3) is 0 Å². The average molecular weight is 287 g/mol. The number of halogens is 5. The predicted molar refractivity (Wildman–Crippen MR) is 49.8 cm³/mol. The molecule has 0 aliphatic heterocycles. The summed E-state index contributed by atoms with van der Waals surface area (Å²) in [4.78, 5) is 0. The van der Waals surface area contributed by atoms with Gasteiger partial charge in [0.15, 0.2) is 0 Å². The Labute approximate surface area is 92.2 Å². The maximum Gasteiger partial charge on any atom is 0.411 e. The molecular weight excluding hydrogens is 280 g/mol. The molecule has 0 saturated heterocycles. The van der Waals surface area contributed by atoms with Crippen molar-refractivity contribution in [2.75, 3.05) is 6.61 Å². The van der Waals surface area contributed by atoms with Gasteiger partial charge in [-0.25, -0.2) is 4.39 Å². The summed E-state index contributed by atoms with van der Waals surface area (Å²) in [6.45, 7) is -1.60. The zero-order valence-electron chi connectivity index (χ0n) is 7.44. The van der Waals surface area contributed by atoms with Crippen molar-refractivity contribution in [1.29, 1.82) is 0 Å². The third-order valence-corrected chi connectivity index (χ3v) is 1.91. The summed E-state index contributed by atoms with van der Waals surface area (Å²) in [5.74, 6) is -0.519. The van der Waals surface area contributed by atoms with Crippen LogP contribution in [0.1, 0.15) is 5.56 Å². The first-order valence-corrected chi connectivity index (χ1v) is 4.75. The molecule has 1 nitrogen and oxygen atoms in total. The van der Waals surface area contributed by atoms with Crippen LogP contribution in [0.25, 0.3) is 0 Å². The lowest BCUT2D eigenvalue weighted by Crippen LogP contribution is -2.16. The predicted octanol–water partition coefficient (Wildman–Crippen LogP) is 3.67. The zero-order valence-corrected chi connectivity index (χ0v) is 9.03. The molecule has 0 spiro atoms. The Morgan fingerprint density at radius 2 is 1.87 bits per heavy atom. The van der Waals surface area contributed by atoms with Crippen molar-refractivity contribution < 1.29 is 22.3 Å². The Balaban J connectivity index is 2.51. The molecule has 0 radical (unpaired) electrons. The van der Waals surface area contributed by atoms with Crippen LogP contribution in [0.5, 0.6) is 0 Å². The Bertz CT molecular complexity index is 317. The number of ether oxygens (including phenoxy) is 1. The highest BCUT2D eigenvalue weighted by Gasteiger charge is 2.27. The van der Waals surface area contributed by atoms with Crippen LogP contribution in [0.2, 0.25) is 0 Å². The number of alkyl halides is 3. The first-order valence-electron chi connectivity index (χ1n) is 3.96. The monoisotopic (exact) mass is 286 g/mol. The molecule has 0 aliphatic carbocycles. The van der Waals surface area contributed by atoms with E-state index in [1.54, 1.807) is 0 Å². The van der Waals surface area contributed by atoms with Gasteiger partial charge in [-0.05, 0) is 23.8 Å². The molecule has 0 aliphatic rings. The van der Waals surface area contributed by atoms with Crippen LogP contribution < -0.4 is 0 Å². The van der Waals surface area contributed by atoms with Crippen molar-refractivity contribution in [3.63, 3.8) is 0 Å². The van der Waals surface area contributed by atoms with Crippen LogP contribution in [-0.2, 0) is 11.3 Å². The maximum absolute atomic E-state index is 12.8. The number of hydrogen-bond acceptors (Lipinski definition) is 1. The largest absolute Gasteiger partial charge is 0.411 e. The molecule has 0 unspecified atom stereocenters. The quantitative estimate of drug-likeness (QED) is 0.771. The lowest BCUT2D eigenvalue weighted by atomic mass is 10.2. The Hall–Kier alpha value is -0.620. The van der Waals surface area contributed by atoms with Gasteiger partial charge in [-0.15, -0.1) is 0 Å². The van der Waals surface area contributed by atoms with Crippen LogP contribution >= 0.6 is 15.9 Å². The van der Waals surface area contributed by atoms with Crippen molar-refractivity contribution in [3.8, 4) is 0 Å². The molecule has 0 atom stereocenters. The molecule has 1 aromatic rings. The van der Waals surface area contributed by atoms with Crippen LogP contribution in [0.3, 0.4) is 0 Å². The highest BCUT2D eigenvalue weighted by molar-refractivity contribution is 9.10. The van der Waals surface area contributed by atoms with E-state index in [2.05, 4.69) is 20.7 Å². The Morgan fingerprint density at radius 3 is 2.40 bits per heavy atom. The van der Waals surface area contributed by atoms with E-state index in [-0.39, 0.29) is 6.61 Å². The smallest absolute Gasteiger partial charge is 0.367 e. The molecule has 0 bridgehead atoms. The highest BCUT2D eigenvalue weighted by atomic mass is 79.9. The third kappa shape index (κ3) is 5.13. The van der Waals surface area contributed by atoms with Crippen LogP contribution in [0.15, 0.2) is 22.7 Å². The van der Waals surface area contributed by atoms with Crippen LogP contribution in [0, 0.1) is 5.82 Å². The minimum absolute atomic E-state index is 0.268. The fourth-order valence-electron chi connectivity index (χ4n) is 0.979. The number of rotatable bonds is 3. The summed E-state index contributed by atoms with van der Waals surface area (Å²) >= 11 is 3.03. The Morgan fingerprint density at radius 1 is 1.20 bits per heavy atom. The van der Waals surface area contributed by atoms with Gasteiger partial charge in [0.05, 0.1) is 6.61 Å². The van der Waals surface area contributed by atoms with Gasteiger partial charge < -0.3 is 4.74 Å². The van der Waals surface area contributed by atoms with Gasteiger partial charge in [-0.2, -0.15) is 13.2 Å². The number of hydrogen-bond donors (Lipinski definition) is 0. The van der Waals surface area contributed by atoms with Crippen molar-refractivity contribution in [2.24, 2.45) is 0 Å². The molecule has 6 heteroatoms. The Kier molecular flexibility index (Phi) is 4.10. The molecule has 0 N–H and O–H groups in total. The summed E-state index contributed by atoms with van der Waals surface area (Å²) in [7, 11) is 0. The number of benzene rings is 1. The summed E-state index contributed by atoms with van der Waals surface area (Å²) in [6.07, 6.45) is -4.36. The minimum atomic E-state index is -4.36. The van der Waals surface area contributed by atoms with E-state index < -0.39 is 18.6 Å². The van der Waals surface area contributed by atoms with E-state index in [1.807, 2.05) is 0 Å². The molecular formula is C9H7BrF4O. The first-order chi connectivity index (χ1) is 6.87. The summed E-state index contributed by atoms with van der Waals surface area (Å²) in [5, 5.41) is 0. The fraction of sp³-hybridized carbons (Fsp3) is 0.333. The van der Waals surface area contributed by atoms with E-state index in [1.165, 1.54) is 12.1 Å². The van der Waals surface area contributed by atoms with Gasteiger partial charge in [0.2, 0.25) is 0 Å². The molecule has 0 heterocycles. The normalized spacial score (nSPS) is 11.8. The van der Waals surface area contributed by atoms with Gasteiger partial charge in [-0.1, -0.05) is 15.9 Å². The van der Waals surface area contributed by atoms with Crippen LogP contribution in [-0.4, -0.2) is 12.8 Å². The second-order valence-electron chi connectivity index (χ2n) is 2.89. The molecule has 0 amide bonds. The lowest BCUT2D eigenvalue weighted by molar-refractivity contribution is -0.176. The molecule has 15 heavy (non-hydrogen) atoms. The molecule has 0 fully saturated rings. The van der Waals surface area contributed by atoms with Crippen molar-refractivity contribution in [1.82, 2.24) is 0 Å². The zero-order chi connectivity index (χ0) is 11.5. The van der Waals surface area contributed by atoms with E-state index in [4.69, 9.17) is 0 Å². The molecule has 1 rings (SSSR count). The van der Waals surface area contributed by atoms with E-state index in [9.17, 15) is 17.6 Å². The van der Waals surface area contributed by atoms with Gasteiger partial charge in [0, 0.05) is 4.47 Å². The van der Waals surface area contributed by atoms with Gasteiger partial charge in [0.1, 0.15) is 12.4 Å². The standard InChI is InChI=1S/C9H7BrF4O/c10-7-1-6(2-8(11)3-7)4-15-5-9(12,13)14/h1-3H,4-5H2. The first kappa shape index (κ1) is 12.4. The fourth-order valence-corrected chi connectivity index (χ4v) is 1.49. The SMILES string of the molecule is Fc1cc(Br)cc(COCC(F)(F)F)c1. The van der Waals surface area contributed by atoms with Crippen molar-refractivity contribution in [2.45, 2.75) is 12.8 Å². The summed E-state index contributed by atoms with van der Waals surface area (Å²) < 4.78 is 52.8.